The summed E-state index contributed by atoms with van der Waals surface area (Å²) in [6.45, 7) is 3.20. The fourth-order valence-electron chi connectivity index (χ4n) is 2.89. The first-order chi connectivity index (χ1) is 11.5. The highest BCUT2D eigenvalue weighted by Crippen LogP contribution is 2.34. The van der Waals surface area contributed by atoms with Crippen LogP contribution in [0.15, 0.2) is 30.9 Å². The summed E-state index contributed by atoms with van der Waals surface area (Å²) in [4.78, 5) is 16.1. The standard InChI is InChI=1S/C18H18FN5.2H2/c1-18(2,19)10-23-17-22-9-15-14(8-21-16(15)24-17)12-5-11-3-4-20-7-13(11)6-12;;/h3-4,6-9H,5,10H2,1-2H3,(H2,21,22,23,24);2*1H. The SMILES string of the molecule is CC(C)(F)CNc1ncc2c(C3=Cc4cnccc4C3)c[nH]c2n1.[HH].[HH]. The van der Waals surface area contributed by atoms with Gasteiger partial charge < -0.3 is 10.3 Å². The van der Waals surface area contributed by atoms with Crippen molar-refractivity contribution in [2.45, 2.75) is 25.9 Å². The maximum absolute atomic E-state index is 13.6. The van der Waals surface area contributed by atoms with Gasteiger partial charge in [-0.15, -0.1) is 0 Å². The molecule has 0 amide bonds. The Hall–Kier alpha value is -2.76. The van der Waals surface area contributed by atoms with Crippen molar-refractivity contribution in [2.24, 2.45) is 0 Å². The number of halogens is 1. The molecule has 0 unspecified atom stereocenters. The van der Waals surface area contributed by atoms with E-state index in [1.165, 1.54) is 25.0 Å². The molecule has 0 radical (unpaired) electrons. The van der Waals surface area contributed by atoms with Crippen molar-refractivity contribution >= 4 is 28.6 Å². The minimum Gasteiger partial charge on any atom is -0.351 e. The van der Waals surface area contributed by atoms with Crippen molar-refractivity contribution < 1.29 is 7.24 Å². The molecule has 3 aromatic heterocycles. The first kappa shape index (κ1) is 14.8. The molecule has 0 fully saturated rings. The molecule has 1 aliphatic rings. The molecule has 0 aromatic carbocycles. The summed E-state index contributed by atoms with van der Waals surface area (Å²) in [7, 11) is 0. The van der Waals surface area contributed by atoms with Crippen molar-refractivity contribution in [3.8, 4) is 0 Å². The topological polar surface area (TPSA) is 66.5 Å². The van der Waals surface area contributed by atoms with Gasteiger partial charge in [-0.3, -0.25) is 4.98 Å². The average Bonchev–Trinajstić information content (AvgIpc) is 3.15. The lowest BCUT2D eigenvalue weighted by molar-refractivity contribution is 0.234. The first-order valence-corrected chi connectivity index (χ1v) is 7.90. The summed E-state index contributed by atoms with van der Waals surface area (Å²) in [6, 6.07) is 2.05. The Kier molecular flexibility index (Phi) is 3.33. The van der Waals surface area contributed by atoms with Crippen LogP contribution in [0.2, 0.25) is 0 Å². The van der Waals surface area contributed by atoms with Gasteiger partial charge in [-0.2, -0.15) is 4.98 Å². The molecular weight excluding hydrogens is 305 g/mol. The highest BCUT2D eigenvalue weighted by atomic mass is 19.1. The Balaban J connectivity index is 0.00000121. The van der Waals surface area contributed by atoms with Crippen LogP contribution in [-0.2, 0) is 6.42 Å². The lowest BCUT2D eigenvalue weighted by Crippen LogP contribution is -2.25. The van der Waals surface area contributed by atoms with E-state index in [1.807, 2.05) is 24.7 Å². The fraction of sp³-hybridized carbons (Fsp3) is 0.278. The first-order valence-electron chi connectivity index (χ1n) is 7.90. The molecule has 0 saturated carbocycles. The molecule has 3 aromatic rings. The molecule has 2 N–H and O–H groups in total. The molecule has 1 aliphatic carbocycles. The second-order valence-corrected chi connectivity index (χ2v) is 6.65. The van der Waals surface area contributed by atoms with Gasteiger partial charge >= 0.3 is 0 Å². The van der Waals surface area contributed by atoms with Gasteiger partial charge in [0.05, 0.1) is 6.54 Å². The molecule has 4 rings (SSSR count). The Morgan fingerprint density at radius 2 is 2.25 bits per heavy atom. The van der Waals surface area contributed by atoms with Crippen LogP contribution in [0.3, 0.4) is 0 Å². The number of hydrogen-bond donors (Lipinski definition) is 2. The number of anilines is 1. The predicted molar refractivity (Wildman–Crippen MR) is 97.6 cm³/mol. The van der Waals surface area contributed by atoms with Crippen LogP contribution in [0.25, 0.3) is 22.7 Å². The maximum Gasteiger partial charge on any atom is 0.224 e. The molecule has 0 spiro atoms. The van der Waals surface area contributed by atoms with Gasteiger partial charge in [-0.25, -0.2) is 9.37 Å². The molecule has 24 heavy (non-hydrogen) atoms. The maximum atomic E-state index is 13.6. The number of rotatable bonds is 4. The van der Waals surface area contributed by atoms with E-state index in [4.69, 9.17) is 0 Å². The molecule has 6 heteroatoms. The minimum absolute atomic E-state index is 0. The molecule has 0 atom stereocenters. The predicted octanol–water partition coefficient (Wildman–Crippen LogP) is 4.10. The lowest BCUT2D eigenvalue weighted by atomic mass is 10.1. The van der Waals surface area contributed by atoms with E-state index in [0.29, 0.717) is 5.95 Å². The summed E-state index contributed by atoms with van der Waals surface area (Å²) in [5, 5.41) is 3.89. The van der Waals surface area contributed by atoms with Gasteiger partial charge in [0.2, 0.25) is 5.95 Å². The van der Waals surface area contributed by atoms with Crippen LogP contribution < -0.4 is 5.32 Å². The van der Waals surface area contributed by atoms with E-state index >= 15 is 0 Å². The number of allylic oxidation sites excluding steroid dienone is 1. The third-order valence-electron chi connectivity index (χ3n) is 4.10. The highest BCUT2D eigenvalue weighted by molar-refractivity contribution is 5.98. The second kappa shape index (κ2) is 5.40. The Labute approximate surface area is 142 Å². The van der Waals surface area contributed by atoms with Crippen molar-refractivity contribution in [3.05, 3.63) is 47.5 Å². The van der Waals surface area contributed by atoms with Crippen molar-refractivity contribution in [3.63, 3.8) is 0 Å². The van der Waals surface area contributed by atoms with Gasteiger partial charge in [-0.05, 0) is 49.1 Å². The van der Waals surface area contributed by atoms with E-state index in [0.717, 1.165) is 28.6 Å². The Morgan fingerprint density at radius 3 is 3.04 bits per heavy atom. The van der Waals surface area contributed by atoms with Crippen LogP contribution in [-0.4, -0.2) is 32.1 Å². The van der Waals surface area contributed by atoms with Gasteiger partial charge in [0.15, 0.2) is 0 Å². The van der Waals surface area contributed by atoms with Gasteiger partial charge in [0, 0.05) is 38.6 Å². The normalized spacial score (nSPS) is 13.9. The smallest absolute Gasteiger partial charge is 0.224 e. The summed E-state index contributed by atoms with van der Waals surface area (Å²) < 4.78 is 13.6. The molecule has 0 bridgehead atoms. The molecule has 0 aliphatic heterocycles. The van der Waals surface area contributed by atoms with Crippen LogP contribution in [0.5, 0.6) is 0 Å². The zero-order chi connectivity index (χ0) is 16.7. The van der Waals surface area contributed by atoms with Crippen LogP contribution in [0.1, 0.15) is 33.4 Å². The monoisotopic (exact) mass is 327 g/mol. The van der Waals surface area contributed by atoms with Crippen molar-refractivity contribution in [1.82, 2.24) is 19.9 Å². The molecule has 5 nitrogen and oxygen atoms in total. The third kappa shape index (κ3) is 2.75. The lowest BCUT2D eigenvalue weighted by Gasteiger charge is -2.14. The largest absolute Gasteiger partial charge is 0.351 e. The molecule has 126 valence electrons. The highest BCUT2D eigenvalue weighted by Gasteiger charge is 2.19. The summed E-state index contributed by atoms with van der Waals surface area (Å²) in [6.07, 6.45) is 10.5. The van der Waals surface area contributed by atoms with E-state index < -0.39 is 5.67 Å². The fourth-order valence-corrected chi connectivity index (χ4v) is 2.89. The van der Waals surface area contributed by atoms with Gasteiger partial charge in [0.25, 0.3) is 0 Å². The third-order valence-corrected chi connectivity index (χ3v) is 4.10. The van der Waals surface area contributed by atoms with E-state index in [1.54, 1.807) is 6.20 Å². The Bertz CT molecular complexity index is 946. The number of H-pyrrole nitrogens is 1. The number of fused-ring (bicyclic) bond motifs is 2. The van der Waals surface area contributed by atoms with E-state index in [-0.39, 0.29) is 9.40 Å². The second-order valence-electron chi connectivity index (χ2n) is 6.65. The van der Waals surface area contributed by atoms with Crippen LogP contribution >= 0.6 is 0 Å². The zero-order valence-electron chi connectivity index (χ0n) is 13.6. The van der Waals surface area contributed by atoms with Crippen molar-refractivity contribution in [2.75, 3.05) is 11.9 Å². The molecule has 0 saturated heterocycles. The van der Waals surface area contributed by atoms with Crippen LogP contribution in [0, 0.1) is 0 Å². The number of aromatic nitrogens is 4. The van der Waals surface area contributed by atoms with E-state index in [9.17, 15) is 4.39 Å². The van der Waals surface area contributed by atoms with Crippen molar-refractivity contribution in [1.29, 1.82) is 0 Å². The Morgan fingerprint density at radius 1 is 1.38 bits per heavy atom. The zero-order valence-corrected chi connectivity index (χ0v) is 13.6. The summed E-state index contributed by atoms with van der Waals surface area (Å²) >= 11 is 0. The van der Waals surface area contributed by atoms with E-state index in [2.05, 4.69) is 31.3 Å². The van der Waals surface area contributed by atoms with Gasteiger partial charge in [-0.1, -0.05) is 0 Å². The molecule has 3 heterocycles. The average molecular weight is 327 g/mol. The number of alkyl halides is 1. The molecular formula is C18H22FN5. The number of hydrogen-bond acceptors (Lipinski definition) is 4. The quantitative estimate of drug-likeness (QED) is 0.757. The van der Waals surface area contributed by atoms with Crippen LogP contribution in [0.4, 0.5) is 10.3 Å². The number of aromatic amines is 1. The van der Waals surface area contributed by atoms with Gasteiger partial charge in [0.1, 0.15) is 11.3 Å². The number of pyridine rings is 1. The number of nitrogens with one attached hydrogen (secondary N) is 2. The number of nitrogens with zero attached hydrogens (tertiary/aromatic N) is 3. The minimum atomic E-state index is -1.31. The summed E-state index contributed by atoms with van der Waals surface area (Å²) in [5.74, 6) is 0.425. The summed E-state index contributed by atoms with van der Waals surface area (Å²) in [5.41, 5.74) is 4.18.